The third-order valence-electron chi connectivity index (χ3n) is 5.73. The minimum absolute atomic E-state index is 0.00962. The number of hydrogen-bond acceptors (Lipinski definition) is 4. The Kier molecular flexibility index (Phi) is 7.38. The molecule has 1 aliphatic heterocycles. The lowest BCUT2D eigenvalue weighted by molar-refractivity contribution is -0.132. The van der Waals surface area contributed by atoms with Gasteiger partial charge in [0.1, 0.15) is 5.82 Å². The molecular weight excluding hydrogens is 429 g/mol. The Morgan fingerprint density at radius 3 is 2.29 bits per heavy atom. The Labute approximate surface area is 180 Å². The van der Waals surface area contributed by atoms with Crippen LogP contribution in [0, 0.1) is 23.4 Å². The first-order valence-corrected chi connectivity index (χ1v) is 11.8. The van der Waals surface area contributed by atoms with Gasteiger partial charge in [-0.3, -0.25) is 4.79 Å². The number of benzene rings is 2. The minimum Gasteiger partial charge on any atom is -0.343 e. The summed E-state index contributed by atoms with van der Waals surface area (Å²) in [5.41, 5.74) is 6.20. The zero-order valence-electron chi connectivity index (χ0n) is 16.9. The van der Waals surface area contributed by atoms with Gasteiger partial charge < -0.3 is 10.6 Å². The summed E-state index contributed by atoms with van der Waals surface area (Å²) in [5, 5.41) is 0. The summed E-state index contributed by atoms with van der Waals surface area (Å²) in [7, 11) is -3.52. The molecule has 0 radical (unpaired) electrons. The number of halogens is 3. The quantitative estimate of drug-likeness (QED) is 0.652. The van der Waals surface area contributed by atoms with E-state index in [1.165, 1.54) is 12.1 Å². The largest absolute Gasteiger partial charge is 0.343 e. The molecular formula is C22H25F3N2O3S. The number of nitrogens with two attached hydrogens (primary N) is 1. The van der Waals surface area contributed by atoms with Crippen molar-refractivity contribution in [3.8, 4) is 0 Å². The number of carbonyl (C=O) groups is 1. The normalized spacial score (nSPS) is 16.3. The Morgan fingerprint density at radius 1 is 1.03 bits per heavy atom. The molecule has 2 N–H and O–H groups in total. The van der Waals surface area contributed by atoms with Crippen LogP contribution in [0.3, 0.4) is 0 Å². The Bertz CT molecular complexity index is 1020. The molecule has 0 aromatic heterocycles. The lowest BCUT2D eigenvalue weighted by atomic mass is 9.86. The summed E-state index contributed by atoms with van der Waals surface area (Å²) in [6.45, 7) is 0.839. The summed E-state index contributed by atoms with van der Waals surface area (Å²) < 4.78 is 65.0. The van der Waals surface area contributed by atoms with Crippen LogP contribution in [0.5, 0.6) is 0 Å². The first-order valence-electron chi connectivity index (χ1n) is 10.1. The van der Waals surface area contributed by atoms with Gasteiger partial charge in [0.05, 0.1) is 10.6 Å². The zero-order chi connectivity index (χ0) is 22.6. The topological polar surface area (TPSA) is 80.5 Å². The summed E-state index contributed by atoms with van der Waals surface area (Å²) in [5.74, 6) is -3.69. The van der Waals surface area contributed by atoms with Gasteiger partial charge in [-0.05, 0) is 48.9 Å². The summed E-state index contributed by atoms with van der Waals surface area (Å²) in [6.07, 6.45) is 1.11. The molecule has 2 aromatic rings. The number of likely N-dealkylation sites (tertiary alicyclic amines) is 1. The molecule has 31 heavy (non-hydrogen) atoms. The highest BCUT2D eigenvalue weighted by Crippen LogP contribution is 2.24. The highest BCUT2D eigenvalue weighted by atomic mass is 32.2. The highest BCUT2D eigenvalue weighted by Gasteiger charge is 2.28. The molecule has 3 rings (SSSR count). The minimum atomic E-state index is -3.52. The molecule has 1 heterocycles. The Balaban J connectivity index is 1.50. The standard InChI is InChI=1S/C22H25F3N2O3S/c23-18-14-20(25)19(24)12-16(18)13-21(26)15-6-9-27(10-7-15)22(28)8-11-31(29,30)17-4-2-1-3-5-17/h1-5,12,14-15,21H,6-11,13,26H2. The number of carbonyl (C=O) groups excluding carboxylic acids is 1. The molecule has 1 atom stereocenters. The van der Waals surface area contributed by atoms with Crippen LogP contribution < -0.4 is 5.73 Å². The molecule has 2 aromatic carbocycles. The Morgan fingerprint density at radius 2 is 1.65 bits per heavy atom. The molecule has 0 bridgehead atoms. The molecule has 0 aliphatic carbocycles. The van der Waals surface area contributed by atoms with E-state index in [-0.39, 0.29) is 40.9 Å². The van der Waals surface area contributed by atoms with Crippen LogP contribution in [-0.4, -0.2) is 44.1 Å². The highest BCUT2D eigenvalue weighted by molar-refractivity contribution is 7.91. The van der Waals surface area contributed by atoms with Crippen LogP contribution in [0.2, 0.25) is 0 Å². The van der Waals surface area contributed by atoms with Crippen molar-refractivity contribution >= 4 is 15.7 Å². The van der Waals surface area contributed by atoms with E-state index in [0.29, 0.717) is 32.0 Å². The van der Waals surface area contributed by atoms with Crippen molar-refractivity contribution in [2.45, 2.75) is 36.6 Å². The van der Waals surface area contributed by atoms with Gasteiger partial charge in [0.25, 0.3) is 0 Å². The summed E-state index contributed by atoms with van der Waals surface area (Å²) >= 11 is 0. The van der Waals surface area contributed by atoms with Gasteiger partial charge in [-0.1, -0.05) is 18.2 Å². The molecule has 1 saturated heterocycles. The van der Waals surface area contributed by atoms with Crippen molar-refractivity contribution in [3.05, 3.63) is 65.5 Å². The van der Waals surface area contributed by atoms with Crippen LogP contribution >= 0.6 is 0 Å². The predicted octanol–water partition coefficient (Wildman–Crippen LogP) is 3.08. The van der Waals surface area contributed by atoms with Crippen LogP contribution in [0.1, 0.15) is 24.8 Å². The molecule has 1 fully saturated rings. The second-order valence-electron chi connectivity index (χ2n) is 7.83. The smallest absolute Gasteiger partial charge is 0.223 e. The number of sulfone groups is 1. The lowest BCUT2D eigenvalue weighted by Gasteiger charge is -2.35. The van der Waals surface area contributed by atoms with Crippen molar-refractivity contribution < 1.29 is 26.4 Å². The van der Waals surface area contributed by atoms with E-state index in [2.05, 4.69) is 0 Å². The fourth-order valence-electron chi connectivity index (χ4n) is 3.84. The van der Waals surface area contributed by atoms with Crippen LogP contribution in [0.25, 0.3) is 0 Å². The maximum absolute atomic E-state index is 13.9. The van der Waals surface area contributed by atoms with Crippen molar-refractivity contribution in [2.75, 3.05) is 18.8 Å². The van der Waals surface area contributed by atoms with Gasteiger partial charge in [0, 0.05) is 31.6 Å². The summed E-state index contributed by atoms with van der Waals surface area (Å²) in [4.78, 5) is 14.3. The third-order valence-corrected chi connectivity index (χ3v) is 7.46. The van der Waals surface area contributed by atoms with E-state index >= 15 is 0 Å². The SMILES string of the molecule is NC(Cc1cc(F)c(F)cc1F)C1CCN(C(=O)CCS(=O)(=O)c2ccccc2)CC1. The second-order valence-corrected chi connectivity index (χ2v) is 9.93. The zero-order valence-corrected chi connectivity index (χ0v) is 17.8. The monoisotopic (exact) mass is 454 g/mol. The molecule has 168 valence electrons. The van der Waals surface area contributed by atoms with E-state index in [9.17, 15) is 26.4 Å². The maximum Gasteiger partial charge on any atom is 0.223 e. The predicted molar refractivity (Wildman–Crippen MR) is 110 cm³/mol. The van der Waals surface area contributed by atoms with Crippen LogP contribution in [-0.2, 0) is 21.1 Å². The van der Waals surface area contributed by atoms with Crippen LogP contribution in [0.4, 0.5) is 13.2 Å². The fraction of sp³-hybridized carbons (Fsp3) is 0.409. The summed E-state index contributed by atoms with van der Waals surface area (Å²) in [6, 6.07) is 8.88. The number of hydrogen-bond donors (Lipinski definition) is 1. The van der Waals surface area contributed by atoms with Crippen molar-refractivity contribution in [2.24, 2.45) is 11.7 Å². The molecule has 9 heteroatoms. The second kappa shape index (κ2) is 9.82. The number of piperidine rings is 1. The van der Waals surface area contributed by atoms with Gasteiger partial charge in [-0.25, -0.2) is 21.6 Å². The van der Waals surface area contributed by atoms with Gasteiger partial charge >= 0.3 is 0 Å². The van der Waals surface area contributed by atoms with E-state index in [1.807, 2.05) is 0 Å². The number of amides is 1. The molecule has 0 spiro atoms. The third kappa shape index (κ3) is 5.86. The van der Waals surface area contributed by atoms with Gasteiger partial charge in [-0.2, -0.15) is 0 Å². The molecule has 0 saturated carbocycles. The van der Waals surface area contributed by atoms with Gasteiger partial charge in [-0.15, -0.1) is 0 Å². The molecule has 1 amide bonds. The van der Waals surface area contributed by atoms with E-state index in [4.69, 9.17) is 5.73 Å². The van der Waals surface area contributed by atoms with E-state index in [1.54, 1.807) is 23.1 Å². The number of nitrogens with zero attached hydrogens (tertiary/aromatic N) is 1. The first kappa shape index (κ1) is 23.3. The first-order chi connectivity index (χ1) is 14.7. The van der Waals surface area contributed by atoms with E-state index < -0.39 is 33.3 Å². The van der Waals surface area contributed by atoms with Gasteiger partial charge in [0.15, 0.2) is 21.5 Å². The lowest BCUT2D eigenvalue weighted by Crippen LogP contribution is -2.44. The van der Waals surface area contributed by atoms with E-state index in [0.717, 1.165) is 6.07 Å². The fourth-order valence-corrected chi connectivity index (χ4v) is 5.09. The average Bonchev–Trinajstić information content (AvgIpc) is 2.76. The van der Waals surface area contributed by atoms with Crippen molar-refractivity contribution in [3.63, 3.8) is 0 Å². The number of rotatable bonds is 7. The van der Waals surface area contributed by atoms with Crippen molar-refractivity contribution in [1.29, 1.82) is 0 Å². The Hall–Kier alpha value is -2.39. The molecule has 1 aliphatic rings. The van der Waals surface area contributed by atoms with Crippen LogP contribution in [0.15, 0.2) is 47.4 Å². The maximum atomic E-state index is 13.9. The average molecular weight is 455 g/mol. The van der Waals surface area contributed by atoms with Gasteiger partial charge in [0.2, 0.25) is 5.91 Å². The van der Waals surface area contributed by atoms with Crippen molar-refractivity contribution in [1.82, 2.24) is 4.90 Å². The molecule has 5 nitrogen and oxygen atoms in total. The molecule has 1 unspecified atom stereocenters.